The molecule has 0 bridgehead atoms. The van der Waals surface area contributed by atoms with Gasteiger partial charge in [-0.3, -0.25) is 0 Å². The topological polar surface area (TPSA) is 7.12 Å². The minimum atomic E-state index is 1.04. The van der Waals surface area contributed by atoms with Crippen molar-refractivity contribution >= 4 is 50.2 Å². The molecule has 1 heterocycles. The molecule has 0 saturated carbocycles. The fraction of sp³-hybridized carbons (Fsp3) is 0.208. The number of benzene rings is 3. The van der Waals surface area contributed by atoms with Crippen LogP contribution in [-0.4, -0.2) is 13.1 Å². The van der Waals surface area contributed by atoms with Gasteiger partial charge in [0.25, 0.3) is 5.01 Å². The average Bonchev–Trinajstić information content (AvgIpc) is 3.04. The second kappa shape index (κ2) is 7.53. The first-order valence-corrected chi connectivity index (χ1v) is 10.4. The lowest BCUT2D eigenvalue weighted by molar-refractivity contribution is -0.642. The normalized spacial score (nSPS) is 11.7. The van der Waals surface area contributed by atoms with Gasteiger partial charge >= 0.3 is 0 Å². The van der Waals surface area contributed by atoms with Crippen molar-refractivity contribution in [1.29, 1.82) is 0 Å². The van der Waals surface area contributed by atoms with Gasteiger partial charge in [-0.05, 0) is 49.1 Å². The van der Waals surface area contributed by atoms with Gasteiger partial charge in [-0.1, -0.05) is 47.7 Å². The lowest BCUT2D eigenvalue weighted by Gasteiger charge is -2.20. The Kier molecular flexibility index (Phi) is 4.95. The van der Waals surface area contributed by atoms with E-state index in [2.05, 4.69) is 103 Å². The number of aromatic nitrogens is 1. The molecule has 3 heteroatoms. The number of anilines is 1. The van der Waals surface area contributed by atoms with Gasteiger partial charge in [0.2, 0.25) is 5.52 Å². The summed E-state index contributed by atoms with van der Waals surface area (Å²) < 4.78 is 3.64. The molecule has 2 nitrogen and oxygen atoms in total. The van der Waals surface area contributed by atoms with E-state index in [-0.39, 0.29) is 0 Å². The van der Waals surface area contributed by atoms with Crippen LogP contribution >= 0.6 is 11.3 Å². The number of rotatable bonds is 5. The third-order valence-electron chi connectivity index (χ3n) is 5.20. The number of nitrogens with zero attached hydrogens (tertiary/aromatic N) is 2. The third kappa shape index (κ3) is 3.35. The Labute approximate surface area is 165 Å². The summed E-state index contributed by atoms with van der Waals surface area (Å²) in [7, 11) is 2.15. The van der Waals surface area contributed by atoms with Gasteiger partial charge in [0.1, 0.15) is 11.7 Å². The Morgan fingerprint density at radius 3 is 2.37 bits per heavy atom. The van der Waals surface area contributed by atoms with Crippen molar-refractivity contribution in [2.24, 2.45) is 7.05 Å². The van der Waals surface area contributed by atoms with Crippen molar-refractivity contribution in [3.8, 4) is 0 Å². The molecule has 0 spiro atoms. The molecule has 136 valence electrons. The molecule has 0 fully saturated rings. The van der Waals surface area contributed by atoms with Gasteiger partial charge in [-0.2, -0.15) is 4.57 Å². The van der Waals surface area contributed by atoms with E-state index in [1.54, 1.807) is 0 Å². The minimum Gasteiger partial charge on any atom is -0.372 e. The van der Waals surface area contributed by atoms with E-state index in [0.29, 0.717) is 0 Å². The van der Waals surface area contributed by atoms with Crippen LogP contribution in [0.4, 0.5) is 5.69 Å². The molecule has 0 unspecified atom stereocenters. The van der Waals surface area contributed by atoms with Gasteiger partial charge in [-0.15, -0.1) is 0 Å². The Hall–Kier alpha value is -2.65. The summed E-state index contributed by atoms with van der Waals surface area (Å²) in [6.45, 7) is 6.47. The summed E-state index contributed by atoms with van der Waals surface area (Å²) in [4.78, 5) is 2.37. The molecule has 3 aromatic carbocycles. The van der Waals surface area contributed by atoms with Crippen molar-refractivity contribution in [2.45, 2.75) is 13.8 Å². The largest absolute Gasteiger partial charge is 0.372 e. The van der Waals surface area contributed by atoms with E-state index >= 15 is 0 Å². The molecule has 4 aromatic rings. The molecule has 1 aromatic heterocycles. The highest BCUT2D eigenvalue weighted by atomic mass is 32.1. The van der Waals surface area contributed by atoms with Crippen LogP contribution in [0.5, 0.6) is 0 Å². The van der Waals surface area contributed by atoms with Gasteiger partial charge in [0.05, 0.1) is 0 Å². The Bertz CT molecular complexity index is 1100. The minimum absolute atomic E-state index is 1.04. The predicted molar refractivity (Wildman–Crippen MR) is 119 cm³/mol. The van der Waals surface area contributed by atoms with Crippen LogP contribution in [0.25, 0.3) is 33.1 Å². The van der Waals surface area contributed by atoms with Crippen molar-refractivity contribution in [1.82, 2.24) is 0 Å². The quantitative estimate of drug-likeness (QED) is 0.395. The molecule has 27 heavy (non-hydrogen) atoms. The van der Waals surface area contributed by atoms with Crippen molar-refractivity contribution < 1.29 is 4.57 Å². The molecular formula is C24H25N2S+. The smallest absolute Gasteiger partial charge is 0.262 e. The first-order valence-electron chi connectivity index (χ1n) is 9.54. The fourth-order valence-corrected chi connectivity index (χ4v) is 4.78. The highest BCUT2D eigenvalue weighted by Gasteiger charge is 2.16. The molecule has 0 atom stereocenters. The number of hydrogen-bond donors (Lipinski definition) is 0. The molecule has 0 aliphatic heterocycles. The second-order valence-electron chi connectivity index (χ2n) is 6.73. The van der Waals surface area contributed by atoms with Gasteiger partial charge in [0, 0.05) is 36.3 Å². The van der Waals surface area contributed by atoms with E-state index in [4.69, 9.17) is 0 Å². The number of hydrogen-bond acceptors (Lipinski definition) is 2. The van der Waals surface area contributed by atoms with Crippen molar-refractivity contribution in [3.63, 3.8) is 0 Å². The highest BCUT2D eigenvalue weighted by molar-refractivity contribution is 7.19. The summed E-state index contributed by atoms with van der Waals surface area (Å²) in [5, 5.41) is 3.89. The Morgan fingerprint density at radius 1 is 0.889 bits per heavy atom. The van der Waals surface area contributed by atoms with Crippen LogP contribution in [-0.2, 0) is 7.05 Å². The van der Waals surface area contributed by atoms with Gasteiger partial charge < -0.3 is 4.90 Å². The lowest BCUT2D eigenvalue weighted by atomic mass is 10.1. The maximum Gasteiger partial charge on any atom is 0.262 e. The van der Waals surface area contributed by atoms with E-state index in [9.17, 15) is 0 Å². The van der Waals surface area contributed by atoms with Crippen LogP contribution in [0.1, 0.15) is 24.4 Å². The van der Waals surface area contributed by atoms with Crippen molar-refractivity contribution in [2.75, 3.05) is 18.0 Å². The number of thiazole rings is 1. The second-order valence-corrected chi connectivity index (χ2v) is 7.76. The summed E-state index contributed by atoms with van der Waals surface area (Å²) in [6, 6.07) is 21.9. The summed E-state index contributed by atoms with van der Waals surface area (Å²) in [5.41, 5.74) is 3.81. The molecule has 0 amide bonds. The third-order valence-corrected chi connectivity index (χ3v) is 6.45. The number of fused-ring (bicyclic) bond motifs is 3. The van der Waals surface area contributed by atoms with Crippen LogP contribution in [0.15, 0.2) is 60.7 Å². The summed E-state index contributed by atoms with van der Waals surface area (Å²) in [6.07, 6.45) is 4.44. The first kappa shape index (κ1) is 17.7. The zero-order valence-corrected chi connectivity index (χ0v) is 17.0. The van der Waals surface area contributed by atoms with Gasteiger partial charge in [0.15, 0.2) is 0 Å². The highest BCUT2D eigenvalue weighted by Crippen LogP contribution is 2.29. The van der Waals surface area contributed by atoms with Crippen molar-refractivity contribution in [3.05, 3.63) is 71.2 Å². The first-order chi connectivity index (χ1) is 13.2. The monoisotopic (exact) mass is 373 g/mol. The summed E-state index contributed by atoms with van der Waals surface area (Å²) in [5.74, 6) is 0. The van der Waals surface area contributed by atoms with Crippen LogP contribution < -0.4 is 9.47 Å². The standard InChI is InChI=1S/C24H25N2S/c1-4-26(5-2)20-14-10-18(11-15-20)12-17-23-25(3)22-16-13-19-8-6-7-9-21(19)24(22)27-23/h6-17H,4-5H2,1-3H3/q+1. The Morgan fingerprint density at radius 2 is 1.63 bits per heavy atom. The SMILES string of the molecule is CCN(CC)c1ccc(/C=C/c2sc3c4ccccc4ccc3[n+]2C)cc1. The van der Waals surface area contributed by atoms with E-state index < -0.39 is 0 Å². The molecule has 0 aliphatic rings. The lowest BCUT2D eigenvalue weighted by Crippen LogP contribution is -2.28. The van der Waals surface area contributed by atoms with Gasteiger partial charge in [-0.25, -0.2) is 0 Å². The summed E-state index contributed by atoms with van der Waals surface area (Å²) >= 11 is 1.86. The molecule has 0 radical (unpaired) electrons. The average molecular weight is 374 g/mol. The van der Waals surface area contributed by atoms with E-state index in [1.807, 2.05) is 11.3 Å². The molecule has 0 aliphatic carbocycles. The van der Waals surface area contributed by atoms with E-state index in [1.165, 1.54) is 37.2 Å². The van der Waals surface area contributed by atoms with Crippen LogP contribution in [0.3, 0.4) is 0 Å². The zero-order valence-electron chi connectivity index (χ0n) is 16.1. The van der Waals surface area contributed by atoms with Crippen LogP contribution in [0, 0.1) is 0 Å². The molecule has 4 rings (SSSR count). The maximum atomic E-state index is 2.37. The number of aryl methyl sites for hydroxylation is 1. The predicted octanol–water partition coefficient (Wildman–Crippen LogP) is 5.90. The molecule has 0 saturated heterocycles. The van der Waals surface area contributed by atoms with E-state index in [0.717, 1.165) is 13.1 Å². The zero-order chi connectivity index (χ0) is 18.8. The van der Waals surface area contributed by atoms with Crippen LogP contribution in [0.2, 0.25) is 0 Å². The Balaban J connectivity index is 1.67. The molecular weight excluding hydrogens is 348 g/mol. The fourth-order valence-electron chi connectivity index (χ4n) is 3.59. The molecule has 0 N–H and O–H groups in total. The maximum absolute atomic E-state index is 2.37.